The summed E-state index contributed by atoms with van der Waals surface area (Å²) in [7, 11) is -3.73. The molecule has 0 radical (unpaired) electrons. The van der Waals surface area contributed by atoms with Crippen LogP contribution in [0.15, 0.2) is 23.4 Å². The highest BCUT2D eigenvalue weighted by molar-refractivity contribution is 7.89. The van der Waals surface area contributed by atoms with Crippen molar-refractivity contribution < 1.29 is 12.8 Å². The molecular formula is C14H18FN5O2S2. The van der Waals surface area contributed by atoms with Gasteiger partial charge < -0.3 is 4.57 Å². The van der Waals surface area contributed by atoms with E-state index in [1.807, 2.05) is 11.5 Å². The molecule has 0 saturated carbocycles. The summed E-state index contributed by atoms with van der Waals surface area (Å²) in [4.78, 5) is 3.51. The number of H-pyrrole nitrogens is 1. The molecule has 1 saturated heterocycles. The largest absolute Gasteiger partial charge is 0.304 e. The number of hydrogen-bond donors (Lipinski definition) is 1. The molecule has 1 aliphatic heterocycles. The second-order valence-corrected chi connectivity index (χ2v) is 7.97. The first-order chi connectivity index (χ1) is 11.4. The standard InChI is InChI=1S/C14H18FN5O2S2/c1-2-20-13(17-18-14(20)23)10-3-5-19(6-4-10)24(21,22)12-7-11(15)8-16-9-12/h7-10H,2-6H2,1H3,(H,18,23). The van der Waals surface area contributed by atoms with Crippen LogP contribution in [0.5, 0.6) is 0 Å². The molecule has 1 fully saturated rings. The van der Waals surface area contributed by atoms with Crippen molar-refractivity contribution in [3.05, 3.63) is 34.9 Å². The number of halogens is 1. The second-order valence-electron chi connectivity index (χ2n) is 5.65. The van der Waals surface area contributed by atoms with E-state index in [2.05, 4.69) is 15.2 Å². The van der Waals surface area contributed by atoms with E-state index in [1.54, 1.807) is 0 Å². The molecule has 3 rings (SSSR count). The van der Waals surface area contributed by atoms with Crippen LogP contribution in [0.4, 0.5) is 4.39 Å². The minimum absolute atomic E-state index is 0.114. The van der Waals surface area contributed by atoms with Crippen LogP contribution < -0.4 is 0 Å². The van der Waals surface area contributed by atoms with E-state index in [4.69, 9.17) is 12.2 Å². The smallest absolute Gasteiger partial charge is 0.244 e. The van der Waals surface area contributed by atoms with Crippen LogP contribution in [0.2, 0.25) is 0 Å². The van der Waals surface area contributed by atoms with Crippen molar-refractivity contribution in [3.63, 3.8) is 0 Å². The van der Waals surface area contributed by atoms with Crippen molar-refractivity contribution in [3.8, 4) is 0 Å². The van der Waals surface area contributed by atoms with Crippen LogP contribution in [0.1, 0.15) is 31.5 Å². The van der Waals surface area contributed by atoms with Crippen LogP contribution in [-0.2, 0) is 16.6 Å². The first-order valence-corrected chi connectivity index (χ1v) is 9.54. The highest BCUT2D eigenvalue weighted by Crippen LogP contribution is 2.29. The number of aromatic amines is 1. The normalized spacial score (nSPS) is 17.2. The maximum absolute atomic E-state index is 13.3. The molecule has 1 N–H and O–H groups in total. The number of aromatic nitrogens is 4. The van der Waals surface area contributed by atoms with E-state index >= 15 is 0 Å². The van der Waals surface area contributed by atoms with Gasteiger partial charge in [-0.15, -0.1) is 0 Å². The van der Waals surface area contributed by atoms with Crippen molar-refractivity contribution >= 4 is 22.2 Å². The molecule has 2 aromatic heterocycles. The Bertz CT molecular complexity index is 885. The Labute approximate surface area is 144 Å². The molecule has 0 aromatic carbocycles. The molecule has 0 unspecified atom stereocenters. The third-order valence-electron chi connectivity index (χ3n) is 4.24. The average molecular weight is 371 g/mol. The Morgan fingerprint density at radius 3 is 2.71 bits per heavy atom. The highest BCUT2D eigenvalue weighted by Gasteiger charge is 2.32. The first-order valence-electron chi connectivity index (χ1n) is 7.69. The molecule has 2 aromatic rings. The van der Waals surface area contributed by atoms with Gasteiger partial charge in [-0.05, 0) is 38.0 Å². The van der Waals surface area contributed by atoms with Crippen molar-refractivity contribution in [1.82, 2.24) is 24.1 Å². The zero-order chi connectivity index (χ0) is 17.3. The Morgan fingerprint density at radius 2 is 2.08 bits per heavy atom. The predicted molar refractivity (Wildman–Crippen MR) is 88.0 cm³/mol. The zero-order valence-corrected chi connectivity index (χ0v) is 14.8. The van der Waals surface area contributed by atoms with Gasteiger partial charge in [-0.25, -0.2) is 12.8 Å². The van der Waals surface area contributed by atoms with Gasteiger partial charge in [0.25, 0.3) is 0 Å². The van der Waals surface area contributed by atoms with Gasteiger partial charge in [0.1, 0.15) is 16.5 Å². The Balaban J connectivity index is 1.76. The predicted octanol–water partition coefficient (Wildman–Crippen LogP) is 2.06. The summed E-state index contributed by atoms with van der Waals surface area (Å²) in [5.41, 5.74) is 0. The first kappa shape index (κ1) is 17.2. The van der Waals surface area contributed by atoms with E-state index in [0.717, 1.165) is 24.6 Å². The van der Waals surface area contributed by atoms with E-state index in [0.29, 0.717) is 30.7 Å². The van der Waals surface area contributed by atoms with E-state index < -0.39 is 15.8 Å². The summed E-state index contributed by atoms with van der Waals surface area (Å²) >= 11 is 5.20. The van der Waals surface area contributed by atoms with Crippen molar-refractivity contribution in [2.45, 2.75) is 37.1 Å². The van der Waals surface area contributed by atoms with Crippen LogP contribution in [0, 0.1) is 10.6 Å². The fourth-order valence-corrected chi connectivity index (χ4v) is 4.70. The minimum atomic E-state index is -3.73. The lowest BCUT2D eigenvalue weighted by Crippen LogP contribution is -2.38. The molecule has 1 aliphatic rings. The molecule has 3 heterocycles. The third-order valence-corrected chi connectivity index (χ3v) is 6.42. The molecule has 130 valence electrons. The zero-order valence-electron chi connectivity index (χ0n) is 13.1. The summed E-state index contributed by atoms with van der Waals surface area (Å²) in [5, 5.41) is 7.08. The lowest BCUT2D eigenvalue weighted by atomic mass is 9.97. The van der Waals surface area contributed by atoms with Gasteiger partial charge in [0.05, 0.1) is 6.20 Å². The van der Waals surface area contributed by atoms with Gasteiger partial charge in [-0.2, -0.15) is 9.40 Å². The van der Waals surface area contributed by atoms with Gasteiger partial charge in [0.2, 0.25) is 10.0 Å². The van der Waals surface area contributed by atoms with Crippen LogP contribution in [-0.4, -0.2) is 45.6 Å². The molecule has 0 spiro atoms. The monoisotopic (exact) mass is 371 g/mol. The molecule has 0 atom stereocenters. The summed E-state index contributed by atoms with van der Waals surface area (Å²) in [6.07, 6.45) is 3.44. The lowest BCUT2D eigenvalue weighted by molar-refractivity contribution is 0.309. The fourth-order valence-electron chi connectivity index (χ4n) is 2.98. The highest BCUT2D eigenvalue weighted by atomic mass is 32.2. The molecule has 24 heavy (non-hydrogen) atoms. The average Bonchev–Trinajstić information content (AvgIpc) is 2.95. The quantitative estimate of drug-likeness (QED) is 0.832. The maximum Gasteiger partial charge on any atom is 0.244 e. The lowest BCUT2D eigenvalue weighted by Gasteiger charge is -2.30. The fraction of sp³-hybridized carbons (Fsp3) is 0.500. The van der Waals surface area contributed by atoms with E-state index in [9.17, 15) is 12.8 Å². The van der Waals surface area contributed by atoms with Crippen molar-refractivity contribution in [1.29, 1.82) is 0 Å². The van der Waals surface area contributed by atoms with Gasteiger partial charge in [0.15, 0.2) is 4.77 Å². The van der Waals surface area contributed by atoms with E-state index in [-0.39, 0.29) is 10.8 Å². The summed E-state index contributed by atoms with van der Waals surface area (Å²) < 4.78 is 42.3. The number of piperidine rings is 1. The number of pyridine rings is 1. The molecular weight excluding hydrogens is 353 g/mol. The third kappa shape index (κ3) is 3.13. The SMILES string of the molecule is CCn1c(C2CCN(S(=O)(=O)c3cncc(F)c3)CC2)n[nH]c1=S. The van der Waals surface area contributed by atoms with Crippen molar-refractivity contribution in [2.24, 2.45) is 0 Å². The molecule has 0 aliphatic carbocycles. The number of sulfonamides is 1. The van der Waals surface area contributed by atoms with Crippen LogP contribution in [0.3, 0.4) is 0 Å². The number of rotatable bonds is 4. The molecule has 7 nitrogen and oxygen atoms in total. The van der Waals surface area contributed by atoms with Crippen LogP contribution in [0.25, 0.3) is 0 Å². The van der Waals surface area contributed by atoms with Crippen LogP contribution >= 0.6 is 12.2 Å². The summed E-state index contributed by atoms with van der Waals surface area (Å²) in [5.74, 6) is 0.353. The maximum atomic E-state index is 13.3. The Morgan fingerprint density at radius 1 is 1.38 bits per heavy atom. The second kappa shape index (κ2) is 6.69. The molecule has 0 bridgehead atoms. The van der Waals surface area contributed by atoms with Gasteiger partial charge >= 0.3 is 0 Å². The summed E-state index contributed by atoms with van der Waals surface area (Å²) in [6, 6.07) is 0.997. The molecule has 10 heteroatoms. The number of nitrogens with zero attached hydrogens (tertiary/aromatic N) is 4. The topological polar surface area (TPSA) is 83.9 Å². The minimum Gasteiger partial charge on any atom is -0.304 e. The molecule has 0 amide bonds. The van der Waals surface area contributed by atoms with Crippen molar-refractivity contribution in [2.75, 3.05) is 13.1 Å². The number of hydrogen-bond acceptors (Lipinski definition) is 5. The number of nitrogens with one attached hydrogen (secondary N) is 1. The van der Waals surface area contributed by atoms with Gasteiger partial charge in [-0.1, -0.05) is 0 Å². The Kier molecular flexibility index (Phi) is 4.79. The van der Waals surface area contributed by atoms with Gasteiger partial charge in [0, 0.05) is 31.7 Å². The Hall–Kier alpha value is -1.65. The summed E-state index contributed by atoms with van der Waals surface area (Å²) in [6.45, 7) is 3.42. The van der Waals surface area contributed by atoms with E-state index in [1.165, 1.54) is 10.5 Å². The van der Waals surface area contributed by atoms with Gasteiger partial charge in [-0.3, -0.25) is 10.1 Å².